The molecular formula is C30H34N6O4. The largest absolute Gasteiger partial charge is 0.497 e. The van der Waals surface area contributed by atoms with Crippen LogP contribution in [0.3, 0.4) is 0 Å². The molecule has 3 amide bonds. The lowest BCUT2D eigenvalue weighted by atomic mass is 10.0. The van der Waals surface area contributed by atoms with Gasteiger partial charge >= 0.3 is 6.03 Å². The monoisotopic (exact) mass is 542 g/mol. The van der Waals surface area contributed by atoms with Gasteiger partial charge in [-0.05, 0) is 50.7 Å². The minimum Gasteiger partial charge on any atom is -0.497 e. The van der Waals surface area contributed by atoms with Crippen LogP contribution in [-0.2, 0) is 17.8 Å². The summed E-state index contributed by atoms with van der Waals surface area (Å²) in [5, 5.41) is 2.85. The third kappa shape index (κ3) is 5.62. The van der Waals surface area contributed by atoms with Gasteiger partial charge in [-0.2, -0.15) is 0 Å². The molecule has 0 spiro atoms. The average Bonchev–Trinajstić information content (AvgIpc) is 2.98. The highest BCUT2D eigenvalue weighted by molar-refractivity contribution is 6.06. The summed E-state index contributed by atoms with van der Waals surface area (Å²) < 4.78 is 10.9. The van der Waals surface area contributed by atoms with E-state index in [-0.39, 0.29) is 18.0 Å². The number of urea groups is 1. The number of fused-ring (bicyclic) bond motifs is 1. The number of ether oxygens (including phenoxy) is 2. The van der Waals surface area contributed by atoms with E-state index in [0.29, 0.717) is 47.5 Å². The molecule has 3 aromatic rings. The summed E-state index contributed by atoms with van der Waals surface area (Å²) in [6.45, 7) is 5.64. The quantitative estimate of drug-likeness (QED) is 0.425. The average molecular weight is 543 g/mol. The highest BCUT2D eigenvalue weighted by atomic mass is 16.5. The van der Waals surface area contributed by atoms with Gasteiger partial charge in [-0.15, -0.1) is 0 Å². The molecule has 1 aromatic heterocycles. The fourth-order valence-electron chi connectivity index (χ4n) is 5.18. The van der Waals surface area contributed by atoms with Gasteiger partial charge in [-0.25, -0.2) is 14.8 Å². The number of aromatic nitrogens is 2. The molecular weight excluding hydrogens is 508 g/mol. The molecule has 208 valence electrons. The maximum Gasteiger partial charge on any atom is 0.330 e. The topological polar surface area (TPSA) is 100 Å². The third-order valence-corrected chi connectivity index (χ3v) is 7.40. The number of amides is 3. The molecule has 3 heterocycles. The number of benzene rings is 2. The van der Waals surface area contributed by atoms with E-state index in [4.69, 9.17) is 14.5 Å². The Balaban J connectivity index is 1.52. The van der Waals surface area contributed by atoms with Gasteiger partial charge < -0.3 is 19.7 Å². The van der Waals surface area contributed by atoms with E-state index in [2.05, 4.69) is 28.8 Å². The van der Waals surface area contributed by atoms with E-state index in [9.17, 15) is 9.59 Å². The van der Waals surface area contributed by atoms with E-state index in [0.717, 1.165) is 37.1 Å². The van der Waals surface area contributed by atoms with Gasteiger partial charge in [-0.1, -0.05) is 24.8 Å². The fourth-order valence-corrected chi connectivity index (χ4v) is 5.18. The van der Waals surface area contributed by atoms with E-state index >= 15 is 0 Å². The van der Waals surface area contributed by atoms with Gasteiger partial charge in [0.1, 0.15) is 23.1 Å². The van der Waals surface area contributed by atoms with Crippen molar-refractivity contribution < 1.29 is 19.1 Å². The first-order valence-electron chi connectivity index (χ1n) is 13.3. The van der Waals surface area contributed by atoms with Crippen molar-refractivity contribution in [2.75, 3.05) is 49.5 Å². The standard InChI is InChI=1S/C30H34N6O4/c1-5-28(37)32-26-9-7-6-8-20(26)14-27-31-18-21-19-35(23-15-24(39-3)17-25(16-23)40-4)30(38)36(29(21)33-27)22-10-12-34(2)13-11-22/h5-9,15-18,22H,1,10-14,19H2,2-4H3,(H,32,37). The van der Waals surface area contributed by atoms with E-state index in [1.165, 1.54) is 6.08 Å². The molecule has 0 atom stereocenters. The summed E-state index contributed by atoms with van der Waals surface area (Å²) in [5.41, 5.74) is 3.09. The van der Waals surface area contributed by atoms with Crippen LogP contribution in [0.15, 0.2) is 61.3 Å². The van der Waals surface area contributed by atoms with Crippen LogP contribution in [0.1, 0.15) is 29.8 Å². The number of anilines is 3. The summed E-state index contributed by atoms with van der Waals surface area (Å²) in [6.07, 6.45) is 5.12. The van der Waals surface area contributed by atoms with E-state index in [1.54, 1.807) is 31.4 Å². The highest BCUT2D eigenvalue weighted by Crippen LogP contribution is 2.37. The second kappa shape index (κ2) is 11.7. The van der Waals surface area contributed by atoms with E-state index < -0.39 is 0 Å². The number of carbonyl (C=O) groups is 2. The number of nitrogens with one attached hydrogen (secondary N) is 1. The van der Waals surface area contributed by atoms with Crippen molar-refractivity contribution in [1.82, 2.24) is 14.9 Å². The van der Waals surface area contributed by atoms with Gasteiger partial charge in [-0.3, -0.25) is 14.6 Å². The number of methoxy groups -OCH3 is 2. The van der Waals surface area contributed by atoms with Crippen LogP contribution in [0, 0.1) is 0 Å². The van der Waals surface area contributed by atoms with Crippen molar-refractivity contribution in [2.24, 2.45) is 0 Å². The zero-order valence-corrected chi connectivity index (χ0v) is 23.1. The smallest absolute Gasteiger partial charge is 0.330 e. The Labute approximate surface area is 234 Å². The van der Waals surface area contributed by atoms with Gasteiger partial charge in [0.15, 0.2) is 0 Å². The summed E-state index contributed by atoms with van der Waals surface area (Å²) >= 11 is 0. The lowest BCUT2D eigenvalue weighted by Crippen LogP contribution is -2.55. The molecule has 2 aromatic carbocycles. The van der Waals surface area contributed by atoms with Crippen molar-refractivity contribution in [3.8, 4) is 11.5 Å². The van der Waals surface area contributed by atoms with Crippen molar-refractivity contribution >= 4 is 29.1 Å². The fraction of sp³-hybridized carbons (Fsp3) is 0.333. The lowest BCUT2D eigenvalue weighted by Gasteiger charge is -2.42. The Kier molecular flexibility index (Phi) is 7.97. The van der Waals surface area contributed by atoms with Crippen LogP contribution in [-0.4, -0.2) is 67.2 Å². The number of para-hydroxylation sites is 1. The summed E-state index contributed by atoms with van der Waals surface area (Å²) in [7, 11) is 5.28. The van der Waals surface area contributed by atoms with Crippen LogP contribution >= 0.6 is 0 Å². The number of nitrogens with zero attached hydrogens (tertiary/aromatic N) is 5. The van der Waals surface area contributed by atoms with Crippen molar-refractivity contribution in [1.29, 1.82) is 0 Å². The predicted octanol–water partition coefficient (Wildman–Crippen LogP) is 4.25. The molecule has 1 fully saturated rings. The summed E-state index contributed by atoms with van der Waals surface area (Å²) in [6, 6.07) is 12.9. The number of hydrogen-bond acceptors (Lipinski definition) is 7. The molecule has 40 heavy (non-hydrogen) atoms. The minimum absolute atomic E-state index is 0.000306. The Morgan fingerprint density at radius 2 is 1.82 bits per heavy atom. The van der Waals surface area contributed by atoms with Crippen LogP contribution in [0.5, 0.6) is 11.5 Å². The third-order valence-electron chi connectivity index (χ3n) is 7.40. The molecule has 0 saturated carbocycles. The van der Waals surface area contributed by atoms with Gasteiger partial charge in [0.2, 0.25) is 5.91 Å². The lowest BCUT2D eigenvalue weighted by molar-refractivity contribution is -0.111. The zero-order valence-electron chi connectivity index (χ0n) is 23.1. The molecule has 10 heteroatoms. The van der Waals surface area contributed by atoms with Crippen molar-refractivity contribution in [3.05, 3.63) is 78.3 Å². The Bertz CT molecular complexity index is 1400. The normalized spacial score (nSPS) is 15.9. The van der Waals surface area contributed by atoms with Crippen molar-refractivity contribution in [2.45, 2.75) is 31.8 Å². The number of likely N-dealkylation sites (tertiary alicyclic amines) is 1. The van der Waals surface area contributed by atoms with Gasteiger partial charge in [0.25, 0.3) is 0 Å². The number of piperidine rings is 1. The second-order valence-corrected chi connectivity index (χ2v) is 10.0. The maximum absolute atomic E-state index is 14.2. The van der Waals surface area contributed by atoms with E-state index in [1.807, 2.05) is 41.3 Å². The van der Waals surface area contributed by atoms with Crippen LogP contribution in [0.2, 0.25) is 0 Å². The molecule has 5 rings (SSSR count). The zero-order chi connectivity index (χ0) is 28.2. The molecule has 2 aliphatic rings. The van der Waals surface area contributed by atoms with Crippen molar-refractivity contribution in [3.63, 3.8) is 0 Å². The molecule has 1 saturated heterocycles. The SMILES string of the molecule is C=CC(=O)Nc1ccccc1Cc1ncc2c(n1)N(C1CCN(C)CC1)C(=O)N(c1cc(OC)cc(OC)c1)C2. The summed E-state index contributed by atoms with van der Waals surface area (Å²) in [5.74, 6) is 2.14. The number of hydrogen-bond donors (Lipinski definition) is 1. The molecule has 0 aliphatic carbocycles. The minimum atomic E-state index is -0.285. The first-order chi connectivity index (χ1) is 19.4. The number of rotatable bonds is 8. The summed E-state index contributed by atoms with van der Waals surface area (Å²) in [4.78, 5) is 41.6. The Morgan fingerprint density at radius 1 is 1.12 bits per heavy atom. The van der Waals surface area contributed by atoms with Gasteiger partial charge in [0, 0.05) is 48.1 Å². The Hall–Kier alpha value is -4.44. The van der Waals surface area contributed by atoms with Crippen LogP contribution in [0.4, 0.5) is 22.0 Å². The molecule has 0 radical (unpaired) electrons. The molecule has 1 N–H and O–H groups in total. The predicted molar refractivity (Wildman–Crippen MR) is 154 cm³/mol. The molecule has 10 nitrogen and oxygen atoms in total. The first-order valence-corrected chi connectivity index (χ1v) is 13.3. The maximum atomic E-state index is 14.2. The van der Waals surface area contributed by atoms with Crippen LogP contribution < -0.4 is 24.6 Å². The number of carbonyl (C=O) groups excluding carboxylic acids is 2. The molecule has 0 unspecified atom stereocenters. The molecule has 0 bridgehead atoms. The Morgan fingerprint density at radius 3 is 2.50 bits per heavy atom. The first kappa shape index (κ1) is 27.1. The van der Waals surface area contributed by atoms with Gasteiger partial charge in [0.05, 0.1) is 26.5 Å². The second-order valence-electron chi connectivity index (χ2n) is 10.0. The van der Waals surface area contributed by atoms with Crippen LogP contribution in [0.25, 0.3) is 0 Å². The molecule has 2 aliphatic heterocycles. The highest BCUT2D eigenvalue weighted by Gasteiger charge is 2.38.